The van der Waals surface area contributed by atoms with Crippen LogP contribution < -0.4 is 10.2 Å². The summed E-state index contributed by atoms with van der Waals surface area (Å²) in [5.74, 6) is -0.763. The molecule has 0 saturated carbocycles. The second-order valence-electron chi connectivity index (χ2n) is 7.79. The molecule has 0 aliphatic rings. The van der Waals surface area contributed by atoms with Crippen molar-refractivity contribution < 1.29 is 14.7 Å². The van der Waals surface area contributed by atoms with E-state index in [9.17, 15) is 9.59 Å². The molecule has 0 saturated heterocycles. The maximum absolute atomic E-state index is 13.0. The first kappa shape index (κ1) is 24.5. The van der Waals surface area contributed by atoms with Crippen LogP contribution in [0.25, 0.3) is 10.6 Å². The predicted molar refractivity (Wildman–Crippen MR) is 132 cm³/mol. The van der Waals surface area contributed by atoms with Crippen molar-refractivity contribution in [2.45, 2.75) is 39.0 Å². The first-order chi connectivity index (χ1) is 16.1. The summed E-state index contributed by atoms with van der Waals surface area (Å²) in [6, 6.07) is 17.9. The van der Waals surface area contributed by atoms with Crippen LogP contribution in [0.2, 0.25) is 0 Å². The minimum atomic E-state index is -0.793. The van der Waals surface area contributed by atoms with Crippen molar-refractivity contribution >= 4 is 28.3 Å². The van der Waals surface area contributed by atoms with Crippen LogP contribution in [-0.2, 0) is 22.4 Å². The third-order valence-corrected chi connectivity index (χ3v) is 6.18. The first-order valence-corrected chi connectivity index (χ1v) is 12.1. The van der Waals surface area contributed by atoms with Crippen molar-refractivity contribution in [3.8, 4) is 10.6 Å². The summed E-state index contributed by atoms with van der Waals surface area (Å²) in [7, 11) is 0. The van der Waals surface area contributed by atoms with Crippen molar-refractivity contribution in [3.63, 3.8) is 0 Å². The predicted octanol–water partition coefficient (Wildman–Crippen LogP) is 4.19. The Labute approximate surface area is 198 Å². The Morgan fingerprint density at radius 2 is 1.76 bits per heavy atom. The molecule has 0 unspecified atom stereocenters. The van der Waals surface area contributed by atoms with Gasteiger partial charge in [0.1, 0.15) is 5.01 Å². The Hall–Kier alpha value is -3.10. The summed E-state index contributed by atoms with van der Waals surface area (Å²) >= 11 is 1.43. The van der Waals surface area contributed by atoms with Gasteiger partial charge in [-0.25, -0.2) is 0 Å². The number of nitrogens with zero attached hydrogens (tertiary/aromatic N) is 3. The molecular weight excluding hydrogens is 436 g/mol. The molecule has 0 bridgehead atoms. The number of carbonyl (C=O) groups excluding carboxylic acids is 1. The summed E-state index contributed by atoms with van der Waals surface area (Å²) in [5, 5.41) is 21.9. The lowest BCUT2D eigenvalue weighted by atomic mass is 10.1. The highest BCUT2D eigenvalue weighted by Gasteiger charge is 2.20. The second-order valence-corrected chi connectivity index (χ2v) is 8.75. The monoisotopic (exact) mass is 466 g/mol. The Bertz CT molecular complexity index is 1020. The van der Waals surface area contributed by atoms with Gasteiger partial charge in [0, 0.05) is 18.7 Å². The van der Waals surface area contributed by atoms with Crippen LogP contribution in [0.4, 0.5) is 5.13 Å². The number of anilines is 1. The maximum Gasteiger partial charge on any atom is 0.304 e. The number of carboxylic acid groups (broad SMARTS) is 1. The van der Waals surface area contributed by atoms with E-state index in [2.05, 4.69) is 22.4 Å². The van der Waals surface area contributed by atoms with E-state index in [0.29, 0.717) is 24.6 Å². The zero-order valence-corrected chi connectivity index (χ0v) is 19.7. The topological polar surface area (TPSA) is 95.4 Å². The number of carbonyl (C=O) groups is 2. The van der Waals surface area contributed by atoms with E-state index in [-0.39, 0.29) is 12.3 Å². The maximum atomic E-state index is 13.0. The number of unbranched alkanes of at least 4 members (excludes halogenated alkanes) is 1. The van der Waals surface area contributed by atoms with E-state index < -0.39 is 5.97 Å². The molecule has 0 fully saturated rings. The molecule has 3 aromatic rings. The van der Waals surface area contributed by atoms with Crippen LogP contribution >= 0.6 is 11.3 Å². The average molecular weight is 467 g/mol. The van der Waals surface area contributed by atoms with Crippen molar-refractivity contribution in [3.05, 3.63) is 65.7 Å². The van der Waals surface area contributed by atoms with Gasteiger partial charge in [0.15, 0.2) is 0 Å². The fraction of sp³-hybridized carbons (Fsp3) is 0.360. The van der Waals surface area contributed by atoms with Gasteiger partial charge in [0.05, 0.1) is 12.8 Å². The summed E-state index contributed by atoms with van der Waals surface area (Å²) < 4.78 is 0. The molecule has 0 radical (unpaired) electrons. The van der Waals surface area contributed by atoms with Crippen molar-refractivity contribution in [2.75, 3.05) is 24.5 Å². The van der Waals surface area contributed by atoms with Crippen molar-refractivity contribution in [1.82, 2.24) is 15.5 Å². The summed E-state index contributed by atoms with van der Waals surface area (Å²) in [6.45, 7) is 3.93. The van der Waals surface area contributed by atoms with E-state index in [1.165, 1.54) is 11.3 Å². The molecule has 2 aromatic carbocycles. The minimum Gasteiger partial charge on any atom is -0.481 e. The summed E-state index contributed by atoms with van der Waals surface area (Å²) in [6.07, 6.45) is 3.19. The number of amides is 1. The number of benzene rings is 2. The number of aromatic nitrogens is 2. The molecule has 8 heteroatoms. The van der Waals surface area contributed by atoms with E-state index in [1.54, 1.807) is 4.90 Å². The molecule has 1 amide bonds. The molecule has 1 aromatic heterocycles. The average Bonchev–Trinajstić information content (AvgIpc) is 3.30. The number of nitrogens with one attached hydrogen (secondary N) is 1. The summed E-state index contributed by atoms with van der Waals surface area (Å²) in [5.41, 5.74) is 3.11. The van der Waals surface area contributed by atoms with Crippen LogP contribution in [0.3, 0.4) is 0 Å². The molecule has 3 rings (SSSR count). The van der Waals surface area contributed by atoms with E-state index in [4.69, 9.17) is 5.11 Å². The number of hydrogen-bond donors (Lipinski definition) is 2. The van der Waals surface area contributed by atoms with Gasteiger partial charge < -0.3 is 10.4 Å². The van der Waals surface area contributed by atoms with Crippen LogP contribution in [0, 0.1) is 0 Å². The highest BCUT2D eigenvalue weighted by molar-refractivity contribution is 7.18. The van der Waals surface area contributed by atoms with Gasteiger partial charge in [-0.1, -0.05) is 79.3 Å². The highest BCUT2D eigenvalue weighted by atomic mass is 32.1. The molecule has 0 aliphatic carbocycles. The lowest BCUT2D eigenvalue weighted by molar-refractivity contribution is -0.136. The van der Waals surface area contributed by atoms with Gasteiger partial charge in [-0.2, -0.15) is 0 Å². The number of rotatable bonds is 13. The van der Waals surface area contributed by atoms with Gasteiger partial charge in [0.2, 0.25) is 11.0 Å². The van der Waals surface area contributed by atoms with Gasteiger partial charge in [-0.3, -0.25) is 14.5 Å². The Kier molecular flexibility index (Phi) is 9.53. The molecule has 7 nitrogen and oxygen atoms in total. The second kappa shape index (κ2) is 12.8. The Morgan fingerprint density at radius 3 is 2.45 bits per heavy atom. The number of hydrogen-bond acceptors (Lipinski definition) is 6. The highest BCUT2D eigenvalue weighted by Crippen LogP contribution is 2.29. The Balaban J connectivity index is 1.63. The molecule has 0 aliphatic heterocycles. The van der Waals surface area contributed by atoms with Crippen LogP contribution in [-0.4, -0.2) is 46.8 Å². The standard InChI is InChI=1S/C25H30N4O3S/c1-2-3-17-29(22(30)18-20-7-5-4-6-8-20)25-28-27-24(33-25)21-11-9-19(10-12-21)13-15-26-16-14-23(31)32/h4-12,26H,2-3,13-18H2,1H3,(H,31,32). The molecule has 1 heterocycles. The molecule has 0 spiro atoms. The molecule has 0 atom stereocenters. The van der Waals surface area contributed by atoms with Gasteiger partial charge in [-0.05, 0) is 30.5 Å². The zero-order chi connectivity index (χ0) is 23.5. The number of aliphatic carboxylic acids is 1. The van der Waals surface area contributed by atoms with Crippen molar-refractivity contribution in [1.29, 1.82) is 0 Å². The fourth-order valence-corrected chi connectivity index (χ4v) is 4.21. The smallest absolute Gasteiger partial charge is 0.304 e. The van der Waals surface area contributed by atoms with Crippen LogP contribution in [0.5, 0.6) is 0 Å². The first-order valence-electron chi connectivity index (χ1n) is 11.3. The lowest BCUT2D eigenvalue weighted by Crippen LogP contribution is -2.33. The van der Waals surface area contributed by atoms with Gasteiger partial charge >= 0.3 is 5.97 Å². The third-order valence-electron chi connectivity index (χ3n) is 5.19. The normalized spacial score (nSPS) is 10.8. The Morgan fingerprint density at radius 1 is 1.00 bits per heavy atom. The quantitative estimate of drug-likeness (QED) is 0.367. The molecular formula is C25H30N4O3S. The zero-order valence-electron chi connectivity index (χ0n) is 18.9. The van der Waals surface area contributed by atoms with Gasteiger partial charge in [0.25, 0.3) is 0 Å². The van der Waals surface area contributed by atoms with Crippen LogP contribution in [0.1, 0.15) is 37.3 Å². The van der Waals surface area contributed by atoms with Gasteiger partial charge in [-0.15, -0.1) is 10.2 Å². The lowest BCUT2D eigenvalue weighted by Gasteiger charge is -2.19. The summed E-state index contributed by atoms with van der Waals surface area (Å²) in [4.78, 5) is 25.3. The number of carboxylic acids is 1. The van der Waals surface area contributed by atoms with Crippen LogP contribution in [0.15, 0.2) is 54.6 Å². The third kappa shape index (κ3) is 7.76. The van der Waals surface area contributed by atoms with E-state index >= 15 is 0 Å². The molecule has 33 heavy (non-hydrogen) atoms. The largest absolute Gasteiger partial charge is 0.481 e. The fourth-order valence-electron chi connectivity index (χ4n) is 3.32. The molecule has 2 N–H and O–H groups in total. The van der Waals surface area contributed by atoms with E-state index in [1.807, 2.05) is 54.6 Å². The minimum absolute atomic E-state index is 0.0306. The SMILES string of the molecule is CCCCN(C(=O)Cc1ccccc1)c1nnc(-c2ccc(CCNCCC(=O)O)cc2)s1. The van der Waals surface area contributed by atoms with E-state index in [0.717, 1.165) is 47.5 Å². The molecule has 174 valence electrons. The van der Waals surface area contributed by atoms with Crippen molar-refractivity contribution in [2.24, 2.45) is 0 Å².